The number of halogens is 2. The Hall–Kier alpha value is -3.37. The smallest absolute Gasteiger partial charge is 0.261 e. The van der Waals surface area contributed by atoms with Gasteiger partial charge in [0, 0.05) is 51.2 Å². The number of amides is 2. The Bertz CT molecular complexity index is 1320. The average molecular weight is 542 g/mol. The van der Waals surface area contributed by atoms with Crippen molar-refractivity contribution in [3.8, 4) is 22.8 Å². The highest BCUT2D eigenvalue weighted by Gasteiger charge is 2.46. The average Bonchev–Trinajstić information content (AvgIpc) is 3.48. The lowest BCUT2D eigenvalue weighted by Gasteiger charge is -2.43. The van der Waals surface area contributed by atoms with E-state index in [1.807, 2.05) is 0 Å². The van der Waals surface area contributed by atoms with Gasteiger partial charge in [-0.05, 0) is 31.7 Å². The van der Waals surface area contributed by atoms with Crippen molar-refractivity contribution >= 4 is 29.2 Å². The predicted octanol–water partition coefficient (Wildman–Crippen LogP) is 2.76. The zero-order chi connectivity index (χ0) is 26.7. The highest BCUT2D eigenvalue weighted by molar-refractivity contribution is 6.35. The van der Waals surface area contributed by atoms with Gasteiger partial charge in [-0.3, -0.25) is 14.5 Å². The van der Waals surface area contributed by atoms with Crippen LogP contribution in [0.4, 0.5) is 10.2 Å². The van der Waals surface area contributed by atoms with Gasteiger partial charge in [-0.2, -0.15) is 0 Å². The van der Waals surface area contributed by atoms with E-state index in [2.05, 4.69) is 23.4 Å². The molecule has 0 spiro atoms. The highest BCUT2D eigenvalue weighted by atomic mass is 35.5. The van der Waals surface area contributed by atoms with Gasteiger partial charge in [0.1, 0.15) is 33.7 Å². The summed E-state index contributed by atoms with van der Waals surface area (Å²) in [7, 11) is 2.08. The van der Waals surface area contributed by atoms with Gasteiger partial charge in [0.05, 0.1) is 18.2 Å². The number of piperazine rings is 2. The molecular formula is C27H29ClFN5O4. The molecule has 0 saturated carbocycles. The molecule has 11 heteroatoms. The van der Waals surface area contributed by atoms with Gasteiger partial charge in [0.25, 0.3) is 5.91 Å². The number of rotatable bonds is 3. The van der Waals surface area contributed by atoms with Crippen molar-refractivity contribution in [2.45, 2.75) is 31.0 Å². The Morgan fingerprint density at radius 2 is 2.00 bits per heavy atom. The summed E-state index contributed by atoms with van der Waals surface area (Å²) in [4.78, 5) is 39.1. The van der Waals surface area contributed by atoms with Crippen LogP contribution in [-0.2, 0) is 4.79 Å². The maximum absolute atomic E-state index is 15.0. The normalized spacial score (nSPS) is 25.0. The first-order valence-corrected chi connectivity index (χ1v) is 13.2. The van der Waals surface area contributed by atoms with Gasteiger partial charge in [0.2, 0.25) is 5.91 Å². The number of carbonyl (C=O) groups is 2. The van der Waals surface area contributed by atoms with Crippen LogP contribution in [0.25, 0.3) is 11.3 Å². The minimum atomic E-state index is -0.673. The van der Waals surface area contributed by atoms with Crippen LogP contribution < -0.4 is 9.64 Å². The second-order valence-corrected chi connectivity index (χ2v) is 10.7. The number of benzene rings is 1. The molecule has 6 rings (SSSR count). The van der Waals surface area contributed by atoms with Gasteiger partial charge >= 0.3 is 0 Å². The number of ether oxygens (including phenoxy) is 1. The molecule has 9 nitrogen and oxygen atoms in total. The molecule has 1 aromatic heterocycles. The topological polar surface area (TPSA) is 89.5 Å². The molecule has 0 aliphatic carbocycles. The van der Waals surface area contributed by atoms with Crippen molar-refractivity contribution in [3.05, 3.63) is 47.3 Å². The van der Waals surface area contributed by atoms with Crippen LogP contribution >= 0.6 is 11.6 Å². The summed E-state index contributed by atoms with van der Waals surface area (Å²) in [6, 6.07) is 4.21. The van der Waals surface area contributed by atoms with E-state index in [4.69, 9.17) is 21.3 Å². The summed E-state index contributed by atoms with van der Waals surface area (Å²) in [5.41, 5.74) is 0.159. The molecule has 1 unspecified atom stereocenters. The summed E-state index contributed by atoms with van der Waals surface area (Å²) in [5, 5.41) is 10.5. The van der Waals surface area contributed by atoms with Crippen LogP contribution in [0.1, 0.15) is 23.2 Å². The van der Waals surface area contributed by atoms with Gasteiger partial charge < -0.3 is 24.5 Å². The number of likely N-dealkylation sites (tertiary alicyclic amines) is 1. The third-order valence-electron chi connectivity index (χ3n) is 8.23. The first-order valence-electron chi connectivity index (χ1n) is 12.8. The van der Waals surface area contributed by atoms with Crippen LogP contribution in [0.3, 0.4) is 0 Å². The zero-order valence-corrected chi connectivity index (χ0v) is 21.8. The third kappa shape index (κ3) is 3.89. The molecule has 2 bridgehead atoms. The molecule has 0 radical (unpaired) electrons. The fourth-order valence-electron chi connectivity index (χ4n) is 6.24. The third-order valence-corrected chi connectivity index (χ3v) is 8.58. The largest absolute Gasteiger partial charge is 0.507 e. The summed E-state index contributed by atoms with van der Waals surface area (Å²) in [5.74, 6) is -0.879. The number of hydrogen-bond donors (Lipinski definition) is 1. The molecule has 2 amide bonds. The molecule has 3 fully saturated rings. The van der Waals surface area contributed by atoms with E-state index in [0.717, 1.165) is 13.0 Å². The maximum atomic E-state index is 15.0. The number of aromatic nitrogens is 1. The fraction of sp³-hybridized carbons (Fsp3) is 0.444. The number of hydrogen-bond acceptors (Lipinski definition) is 7. The summed E-state index contributed by atoms with van der Waals surface area (Å²) >= 11 is 6.81. The van der Waals surface area contributed by atoms with Crippen molar-refractivity contribution in [1.29, 1.82) is 0 Å². The van der Waals surface area contributed by atoms with E-state index < -0.39 is 5.82 Å². The standard InChI is InChI=1S/C27H29ClFN5O4/c1-3-20(36)32-8-9-33-15(13-32)7-10-38-25-22(27(33)37)26(34-14-16-11-17(34)12-31(16)2)30-24(23(25)28)21-18(29)5-4-6-19(21)35/h3-6,15-17,35H,1,7-14H2,2H3/t15-,16?,17-/m0/s1. The van der Waals surface area contributed by atoms with Gasteiger partial charge in [-0.1, -0.05) is 24.2 Å². The van der Waals surface area contributed by atoms with Gasteiger partial charge in [-0.25, -0.2) is 9.37 Å². The maximum Gasteiger partial charge on any atom is 0.261 e. The lowest BCUT2D eigenvalue weighted by molar-refractivity contribution is -0.128. The Balaban J connectivity index is 1.49. The van der Waals surface area contributed by atoms with E-state index in [-0.39, 0.29) is 63.8 Å². The first kappa shape index (κ1) is 24.9. The molecular weight excluding hydrogens is 513 g/mol. The number of carbonyl (C=O) groups excluding carboxylic acids is 2. The Kier molecular flexibility index (Phi) is 6.19. The molecule has 2 aromatic rings. The number of fused-ring (bicyclic) bond motifs is 4. The number of likely N-dealkylation sites (N-methyl/N-ethyl adjacent to an activating group) is 1. The first-order chi connectivity index (χ1) is 18.3. The Morgan fingerprint density at radius 3 is 2.68 bits per heavy atom. The van der Waals surface area contributed by atoms with Crippen molar-refractivity contribution in [2.75, 3.05) is 51.3 Å². The molecule has 3 atom stereocenters. The lowest BCUT2D eigenvalue weighted by Crippen LogP contribution is -2.57. The molecule has 5 heterocycles. The number of nitrogens with zero attached hydrogens (tertiary/aromatic N) is 5. The number of pyridine rings is 1. The van der Waals surface area contributed by atoms with Crippen LogP contribution in [-0.4, -0.2) is 101 Å². The SMILES string of the molecule is C=CC(=O)N1CCN2C(=O)c3c(N4CC5C[C@H]4CN5C)nc(-c4c(O)cccc4F)c(Cl)c3OCC[C@H]2C1. The number of anilines is 1. The van der Waals surface area contributed by atoms with Crippen LogP contribution in [0.15, 0.2) is 30.9 Å². The van der Waals surface area contributed by atoms with E-state index in [9.17, 15) is 19.1 Å². The number of phenolic OH excluding ortho intramolecular Hbond substituents is 1. The number of aromatic hydroxyl groups is 1. The minimum Gasteiger partial charge on any atom is -0.507 e. The Morgan fingerprint density at radius 1 is 1.18 bits per heavy atom. The molecule has 200 valence electrons. The highest BCUT2D eigenvalue weighted by Crippen LogP contribution is 2.47. The minimum absolute atomic E-state index is 0.0158. The lowest BCUT2D eigenvalue weighted by atomic mass is 10.0. The molecule has 1 aromatic carbocycles. The number of phenols is 1. The zero-order valence-electron chi connectivity index (χ0n) is 21.1. The van der Waals surface area contributed by atoms with E-state index >= 15 is 0 Å². The van der Waals surface area contributed by atoms with E-state index in [1.54, 1.807) is 9.80 Å². The monoisotopic (exact) mass is 541 g/mol. The summed E-state index contributed by atoms with van der Waals surface area (Å²) in [6.45, 7) is 6.40. The second kappa shape index (κ2) is 9.43. The Labute approximate surface area is 225 Å². The molecule has 38 heavy (non-hydrogen) atoms. The summed E-state index contributed by atoms with van der Waals surface area (Å²) < 4.78 is 21.2. The second-order valence-electron chi connectivity index (χ2n) is 10.3. The van der Waals surface area contributed by atoms with Gasteiger partial charge in [0.15, 0.2) is 5.75 Å². The van der Waals surface area contributed by atoms with Gasteiger partial charge in [-0.15, -0.1) is 0 Å². The predicted molar refractivity (Wildman–Crippen MR) is 140 cm³/mol. The van der Waals surface area contributed by atoms with Crippen molar-refractivity contribution in [1.82, 2.24) is 19.7 Å². The van der Waals surface area contributed by atoms with E-state index in [1.165, 1.54) is 24.3 Å². The molecule has 4 aliphatic heterocycles. The molecule has 3 saturated heterocycles. The van der Waals surface area contributed by atoms with Crippen molar-refractivity contribution in [2.24, 2.45) is 0 Å². The fourth-order valence-corrected chi connectivity index (χ4v) is 6.53. The molecule has 1 N–H and O–H groups in total. The van der Waals surface area contributed by atoms with Crippen LogP contribution in [0.2, 0.25) is 5.02 Å². The van der Waals surface area contributed by atoms with Crippen molar-refractivity contribution < 1.29 is 23.8 Å². The quantitative estimate of drug-likeness (QED) is 0.598. The van der Waals surface area contributed by atoms with Crippen LogP contribution in [0.5, 0.6) is 11.5 Å². The summed E-state index contributed by atoms with van der Waals surface area (Å²) in [6.07, 6.45) is 2.70. The van der Waals surface area contributed by atoms with Crippen LogP contribution in [0, 0.1) is 5.82 Å². The van der Waals surface area contributed by atoms with Crippen molar-refractivity contribution in [3.63, 3.8) is 0 Å². The van der Waals surface area contributed by atoms with E-state index in [0.29, 0.717) is 44.5 Å². The molecule has 4 aliphatic rings.